The molecule has 0 bridgehead atoms. The van der Waals surface area contributed by atoms with E-state index in [1.807, 2.05) is 6.07 Å². The third-order valence-electron chi connectivity index (χ3n) is 5.36. The molecular formula is C27H20Cl2N4O5S. The van der Waals surface area contributed by atoms with Crippen molar-refractivity contribution in [1.29, 1.82) is 0 Å². The van der Waals surface area contributed by atoms with Crippen LogP contribution in [0.4, 0.5) is 11.4 Å². The van der Waals surface area contributed by atoms with Crippen molar-refractivity contribution in [3.63, 3.8) is 0 Å². The van der Waals surface area contributed by atoms with Crippen LogP contribution in [0.5, 0.6) is 0 Å². The first kappa shape index (κ1) is 27.8. The van der Waals surface area contributed by atoms with Crippen LogP contribution in [0.25, 0.3) is 17.3 Å². The molecule has 0 spiro atoms. The summed E-state index contributed by atoms with van der Waals surface area (Å²) in [6.07, 6.45) is 4.14. The lowest BCUT2D eigenvalue weighted by molar-refractivity contribution is -0.124. The Hall–Kier alpha value is -4.22. The van der Waals surface area contributed by atoms with Crippen LogP contribution in [0.3, 0.4) is 0 Å². The van der Waals surface area contributed by atoms with Crippen molar-refractivity contribution in [3.8, 4) is 11.3 Å². The molecule has 39 heavy (non-hydrogen) atoms. The van der Waals surface area contributed by atoms with Crippen LogP contribution in [0.2, 0.25) is 10.0 Å². The second-order valence-corrected chi connectivity index (χ2v) is 10.5. The summed E-state index contributed by atoms with van der Waals surface area (Å²) in [5.41, 5.74) is 4.06. The maximum atomic E-state index is 12.9. The Kier molecular flexibility index (Phi) is 8.62. The van der Waals surface area contributed by atoms with Gasteiger partial charge < -0.3 is 5.32 Å². The number of rotatable bonds is 8. The zero-order chi connectivity index (χ0) is 28.0. The van der Waals surface area contributed by atoms with E-state index in [0.717, 1.165) is 6.08 Å². The van der Waals surface area contributed by atoms with Gasteiger partial charge >= 0.3 is 0 Å². The maximum absolute atomic E-state index is 12.9. The average molecular weight is 583 g/mol. The van der Waals surface area contributed by atoms with Gasteiger partial charge in [0.2, 0.25) is 0 Å². The Labute approximate surface area is 234 Å². The molecule has 0 radical (unpaired) electrons. The lowest BCUT2D eigenvalue weighted by Gasteiger charge is -2.12. The number of aromatic nitrogens is 1. The van der Waals surface area contributed by atoms with E-state index in [4.69, 9.17) is 28.4 Å². The number of hydrogen-bond acceptors (Lipinski definition) is 6. The van der Waals surface area contributed by atoms with Gasteiger partial charge in [0.25, 0.3) is 21.8 Å². The Bertz CT molecular complexity index is 1660. The predicted molar refractivity (Wildman–Crippen MR) is 150 cm³/mol. The highest BCUT2D eigenvalue weighted by Gasteiger charge is 2.17. The quantitative estimate of drug-likeness (QED) is 0.121. The van der Waals surface area contributed by atoms with Gasteiger partial charge in [-0.3, -0.25) is 24.5 Å². The molecule has 2 amide bonds. The van der Waals surface area contributed by atoms with Crippen molar-refractivity contribution in [1.82, 2.24) is 10.5 Å². The molecule has 0 fully saturated rings. The van der Waals surface area contributed by atoms with Gasteiger partial charge in [0.15, 0.2) is 0 Å². The third-order valence-corrected chi connectivity index (χ3v) is 7.40. The fraction of sp³-hybridized carbons (Fsp3) is 0. The minimum absolute atomic E-state index is 0.0318. The van der Waals surface area contributed by atoms with E-state index in [0.29, 0.717) is 27.5 Å². The van der Waals surface area contributed by atoms with Crippen LogP contribution in [0, 0.1) is 0 Å². The van der Waals surface area contributed by atoms with Gasteiger partial charge in [-0.05, 0) is 72.3 Å². The van der Waals surface area contributed by atoms with Crippen LogP contribution >= 0.6 is 23.2 Å². The fourth-order valence-corrected chi connectivity index (χ4v) is 4.99. The predicted octanol–water partition coefficient (Wildman–Crippen LogP) is 5.63. The lowest BCUT2D eigenvalue weighted by atomic mass is 10.1. The topological polar surface area (TPSA) is 137 Å². The van der Waals surface area contributed by atoms with Crippen LogP contribution in [0.15, 0.2) is 96.0 Å². The smallest absolute Gasteiger partial charge is 0.267 e. The van der Waals surface area contributed by atoms with E-state index in [1.165, 1.54) is 54.0 Å². The summed E-state index contributed by atoms with van der Waals surface area (Å²) in [5.74, 6) is -1.22. The van der Waals surface area contributed by atoms with Crippen molar-refractivity contribution in [2.75, 3.05) is 10.0 Å². The molecule has 0 saturated heterocycles. The second-order valence-electron chi connectivity index (χ2n) is 8.04. The number of anilines is 2. The minimum atomic E-state index is -3.97. The number of amides is 2. The van der Waals surface area contributed by atoms with Gasteiger partial charge in [-0.1, -0.05) is 41.4 Å². The first-order chi connectivity index (χ1) is 18.7. The number of hydrogen-bond donors (Lipinski definition) is 4. The van der Waals surface area contributed by atoms with Crippen LogP contribution in [0.1, 0.15) is 15.9 Å². The standard InChI is InChI=1S/C27H20Cl2N4O5S/c28-23-12-8-18(15-22(23)25-3-1-2-14-30-25)31-27(35)21-11-7-19(16-24(21)29)33-39(37,38)20-9-4-17(5-10-20)6-13-26(34)32-36/h1-16,33,36H,(H,31,35)(H,32,34)/b13-6+. The Morgan fingerprint density at radius 1 is 0.872 bits per heavy atom. The lowest BCUT2D eigenvalue weighted by Crippen LogP contribution is -2.15. The molecule has 0 unspecified atom stereocenters. The number of pyridine rings is 1. The van der Waals surface area contributed by atoms with Crippen molar-refractivity contribution < 1.29 is 23.2 Å². The summed E-state index contributed by atoms with van der Waals surface area (Å²) in [5, 5.41) is 11.8. The summed E-state index contributed by atoms with van der Waals surface area (Å²) in [6, 6.07) is 20.3. The number of benzene rings is 3. The first-order valence-corrected chi connectivity index (χ1v) is 13.5. The summed E-state index contributed by atoms with van der Waals surface area (Å²) < 4.78 is 28.0. The van der Waals surface area contributed by atoms with Gasteiger partial charge in [-0.25, -0.2) is 13.9 Å². The van der Waals surface area contributed by atoms with Crippen LogP contribution < -0.4 is 15.5 Å². The Morgan fingerprint density at radius 2 is 1.62 bits per heavy atom. The molecule has 0 aliphatic heterocycles. The molecule has 1 heterocycles. The first-order valence-electron chi connectivity index (χ1n) is 11.2. The number of sulfonamides is 1. The van der Waals surface area contributed by atoms with E-state index in [-0.39, 0.29) is 21.2 Å². The molecule has 3 aromatic carbocycles. The third kappa shape index (κ3) is 7.01. The van der Waals surface area contributed by atoms with Crippen LogP contribution in [-0.4, -0.2) is 30.4 Å². The van der Waals surface area contributed by atoms with Gasteiger partial charge in [-0.2, -0.15) is 0 Å². The molecule has 0 aliphatic carbocycles. The highest BCUT2D eigenvalue weighted by Crippen LogP contribution is 2.30. The summed E-state index contributed by atoms with van der Waals surface area (Å²) >= 11 is 12.6. The second kappa shape index (κ2) is 12.1. The van der Waals surface area contributed by atoms with Gasteiger partial charge in [0.1, 0.15) is 0 Å². The normalized spacial score (nSPS) is 11.3. The van der Waals surface area contributed by atoms with Crippen molar-refractivity contribution in [2.24, 2.45) is 0 Å². The summed E-state index contributed by atoms with van der Waals surface area (Å²) in [4.78, 5) is 28.2. The fourth-order valence-electron chi connectivity index (χ4n) is 3.46. The monoisotopic (exact) mass is 582 g/mol. The van der Waals surface area contributed by atoms with Gasteiger partial charge in [0.05, 0.1) is 31.9 Å². The molecule has 9 nitrogen and oxygen atoms in total. The average Bonchev–Trinajstić information content (AvgIpc) is 2.93. The minimum Gasteiger partial charge on any atom is -0.322 e. The van der Waals surface area contributed by atoms with Gasteiger partial charge in [-0.15, -0.1) is 0 Å². The van der Waals surface area contributed by atoms with E-state index in [1.54, 1.807) is 36.5 Å². The van der Waals surface area contributed by atoms with Crippen LogP contribution in [-0.2, 0) is 14.8 Å². The van der Waals surface area contributed by atoms with E-state index in [2.05, 4.69) is 15.0 Å². The Morgan fingerprint density at radius 3 is 2.28 bits per heavy atom. The molecule has 0 saturated carbocycles. The highest BCUT2D eigenvalue weighted by molar-refractivity contribution is 7.92. The molecule has 1 aromatic heterocycles. The molecule has 4 N–H and O–H groups in total. The van der Waals surface area contributed by atoms with Crippen molar-refractivity contribution in [3.05, 3.63) is 112 Å². The number of nitrogens with zero attached hydrogens (tertiary/aromatic N) is 1. The Balaban J connectivity index is 1.47. The number of carbonyl (C=O) groups excluding carboxylic acids is 2. The largest absolute Gasteiger partial charge is 0.322 e. The van der Waals surface area contributed by atoms with E-state index < -0.39 is 21.8 Å². The number of hydroxylamine groups is 1. The summed E-state index contributed by atoms with van der Waals surface area (Å²) in [7, 11) is -3.97. The molecule has 4 aromatic rings. The molecule has 198 valence electrons. The number of carbonyl (C=O) groups is 2. The van der Waals surface area contributed by atoms with Gasteiger partial charge in [0, 0.05) is 23.5 Å². The zero-order valence-electron chi connectivity index (χ0n) is 19.9. The molecule has 4 rings (SSSR count). The highest BCUT2D eigenvalue weighted by atomic mass is 35.5. The van der Waals surface area contributed by atoms with E-state index >= 15 is 0 Å². The van der Waals surface area contributed by atoms with Crippen molar-refractivity contribution >= 4 is 62.5 Å². The van der Waals surface area contributed by atoms with Crippen molar-refractivity contribution in [2.45, 2.75) is 4.90 Å². The molecule has 0 atom stereocenters. The number of nitrogens with one attached hydrogen (secondary N) is 3. The number of halogens is 2. The molecule has 12 heteroatoms. The maximum Gasteiger partial charge on any atom is 0.267 e. The summed E-state index contributed by atoms with van der Waals surface area (Å²) in [6.45, 7) is 0. The SMILES string of the molecule is O=C(/C=C/c1ccc(S(=O)(=O)Nc2ccc(C(=O)Nc3ccc(Cl)c(-c4ccccn4)c3)c(Cl)c2)cc1)NO. The zero-order valence-corrected chi connectivity index (χ0v) is 22.3. The molecular weight excluding hydrogens is 563 g/mol. The molecule has 0 aliphatic rings. The van der Waals surface area contributed by atoms with E-state index in [9.17, 15) is 18.0 Å².